The van der Waals surface area contributed by atoms with Crippen LogP contribution in [0.4, 0.5) is 22.9 Å². The van der Waals surface area contributed by atoms with Gasteiger partial charge in [-0.1, -0.05) is 20.8 Å². The summed E-state index contributed by atoms with van der Waals surface area (Å²) in [6.45, 7) is 7.78. The van der Waals surface area contributed by atoms with E-state index in [0.29, 0.717) is 54.0 Å². The van der Waals surface area contributed by atoms with E-state index in [0.717, 1.165) is 16.9 Å². The van der Waals surface area contributed by atoms with Crippen molar-refractivity contribution in [2.75, 3.05) is 36.7 Å². The van der Waals surface area contributed by atoms with Gasteiger partial charge in [0.15, 0.2) is 0 Å². The van der Waals surface area contributed by atoms with Crippen LogP contribution in [-0.4, -0.2) is 77.3 Å². The lowest BCUT2D eigenvalue weighted by Crippen LogP contribution is -2.59. The summed E-state index contributed by atoms with van der Waals surface area (Å²) in [6, 6.07) is 7.02. The van der Waals surface area contributed by atoms with Crippen molar-refractivity contribution in [3.8, 4) is 5.75 Å². The molecule has 1 fully saturated rings. The number of rotatable bonds is 9. The molecule has 14 heteroatoms. The Bertz CT molecular complexity index is 1660. The Hall–Kier alpha value is -4.49. The van der Waals surface area contributed by atoms with E-state index in [1.54, 1.807) is 31.0 Å². The van der Waals surface area contributed by atoms with Gasteiger partial charge in [0.1, 0.15) is 30.0 Å². The Labute approximate surface area is 274 Å². The minimum absolute atomic E-state index is 0. The number of likely N-dealkylation sites (tertiary alicyclic amines) is 1. The quantitative estimate of drug-likeness (QED) is 0.233. The summed E-state index contributed by atoms with van der Waals surface area (Å²) < 4.78 is 5.60. The summed E-state index contributed by atoms with van der Waals surface area (Å²) >= 11 is 0. The number of nitrogens with one attached hydrogen (secondary N) is 5. The molecule has 5 rings (SSSR count). The molecule has 3 heterocycles. The van der Waals surface area contributed by atoms with Gasteiger partial charge in [0.05, 0.1) is 30.8 Å². The van der Waals surface area contributed by atoms with Crippen molar-refractivity contribution in [1.82, 2.24) is 25.5 Å². The first kappa shape index (κ1) is 34.4. The zero-order chi connectivity index (χ0) is 32.5. The molecule has 0 radical (unpaired) electrons. The van der Waals surface area contributed by atoms with Crippen LogP contribution in [0.1, 0.15) is 46.1 Å². The predicted molar refractivity (Wildman–Crippen MR) is 179 cm³/mol. The van der Waals surface area contributed by atoms with Gasteiger partial charge >= 0.3 is 0 Å². The van der Waals surface area contributed by atoms with Crippen molar-refractivity contribution in [2.24, 2.45) is 5.41 Å². The summed E-state index contributed by atoms with van der Waals surface area (Å²) in [6.07, 6.45) is 2.88. The lowest BCUT2D eigenvalue weighted by atomic mass is 9.85. The molecule has 0 spiro atoms. The van der Waals surface area contributed by atoms with Gasteiger partial charge in [-0.05, 0) is 62.1 Å². The number of nitrogens with zero attached hydrogens (tertiary/aromatic N) is 3. The first-order valence-corrected chi connectivity index (χ1v) is 15.0. The number of ether oxygens (including phenoxy) is 1. The molecule has 3 aromatic rings. The van der Waals surface area contributed by atoms with Gasteiger partial charge in [-0.2, -0.15) is 0 Å². The number of amides is 4. The maximum atomic E-state index is 13.8. The molecule has 1 saturated heterocycles. The number of carbonyl (C=O) groups is 4. The van der Waals surface area contributed by atoms with Crippen molar-refractivity contribution in [3.05, 3.63) is 42.2 Å². The van der Waals surface area contributed by atoms with E-state index >= 15 is 0 Å². The van der Waals surface area contributed by atoms with Gasteiger partial charge in [0.25, 0.3) is 0 Å². The maximum absolute atomic E-state index is 13.8. The lowest BCUT2D eigenvalue weighted by molar-refractivity contribution is -0.143. The molecule has 2 aromatic carbocycles. The minimum atomic E-state index is -0.816. The van der Waals surface area contributed by atoms with Crippen molar-refractivity contribution in [2.45, 2.75) is 65.1 Å². The Morgan fingerprint density at radius 1 is 1.13 bits per heavy atom. The number of benzene rings is 2. The summed E-state index contributed by atoms with van der Waals surface area (Å²) in [5.41, 5.74) is 2.84. The molecular weight excluding hydrogens is 612 g/mol. The van der Waals surface area contributed by atoms with Crippen molar-refractivity contribution in [1.29, 1.82) is 0 Å². The maximum Gasteiger partial charge on any atom is 0.247 e. The van der Waals surface area contributed by atoms with Crippen LogP contribution in [0.3, 0.4) is 0 Å². The average Bonchev–Trinajstić information content (AvgIpc) is 3.64. The van der Waals surface area contributed by atoms with Gasteiger partial charge in [0.2, 0.25) is 23.6 Å². The molecule has 0 bridgehead atoms. The molecular formula is C32H41ClN8O5. The van der Waals surface area contributed by atoms with E-state index in [2.05, 4.69) is 36.6 Å². The first-order valence-electron chi connectivity index (χ1n) is 15.0. The molecule has 46 heavy (non-hydrogen) atoms. The number of methoxy groups -OCH3 is 1. The third-order valence-electron chi connectivity index (χ3n) is 8.27. The largest absolute Gasteiger partial charge is 0.494 e. The van der Waals surface area contributed by atoms with Crippen LogP contribution in [0, 0.1) is 5.41 Å². The fourth-order valence-corrected chi connectivity index (χ4v) is 5.63. The lowest BCUT2D eigenvalue weighted by Gasteiger charge is -2.36. The van der Waals surface area contributed by atoms with Crippen LogP contribution in [0.15, 0.2) is 36.7 Å². The number of likely N-dealkylation sites (N-methyl/N-ethyl adjacent to an activating group) is 1. The smallest absolute Gasteiger partial charge is 0.247 e. The molecule has 13 nitrogen and oxygen atoms in total. The van der Waals surface area contributed by atoms with Crippen LogP contribution in [0.25, 0.3) is 10.9 Å². The highest BCUT2D eigenvalue weighted by atomic mass is 35.5. The number of halogens is 1. The third kappa shape index (κ3) is 7.15. The monoisotopic (exact) mass is 652 g/mol. The summed E-state index contributed by atoms with van der Waals surface area (Å²) in [4.78, 5) is 62.5. The van der Waals surface area contributed by atoms with Gasteiger partial charge in [-0.25, -0.2) is 9.97 Å². The molecule has 5 N–H and O–H groups in total. The van der Waals surface area contributed by atoms with Crippen LogP contribution in [0.5, 0.6) is 5.75 Å². The molecule has 1 aromatic heterocycles. The fraction of sp³-hybridized carbons (Fsp3) is 0.438. The number of hydrogen-bond donors (Lipinski definition) is 5. The van der Waals surface area contributed by atoms with E-state index in [1.165, 1.54) is 13.4 Å². The summed E-state index contributed by atoms with van der Waals surface area (Å²) in [5.74, 6) is -0.0844. The van der Waals surface area contributed by atoms with Crippen LogP contribution >= 0.6 is 12.4 Å². The molecule has 3 atom stereocenters. The highest BCUT2D eigenvalue weighted by molar-refractivity contribution is 6.03. The second kappa shape index (κ2) is 13.9. The minimum Gasteiger partial charge on any atom is -0.494 e. The normalized spacial score (nSPS) is 17.0. The highest BCUT2D eigenvalue weighted by Gasteiger charge is 2.42. The predicted octanol–water partition coefficient (Wildman–Crippen LogP) is 3.37. The molecule has 2 aliphatic rings. The number of carbonyl (C=O) groups excluding carboxylic acids is 4. The SMILES string of the molecule is CNC(C)C(=O)NC(C(=O)N1CCCC1C(=O)Nc1cc2c(Nc3ccc4c(c3)CC(=O)N4)ncnc2cc1OC)C(C)(C)C.Cl. The van der Waals surface area contributed by atoms with E-state index in [1.807, 2.05) is 39.0 Å². The molecule has 4 amide bonds. The van der Waals surface area contributed by atoms with E-state index in [9.17, 15) is 19.2 Å². The van der Waals surface area contributed by atoms with E-state index in [-0.39, 0.29) is 36.0 Å². The Balaban J connectivity index is 0.00000480. The van der Waals surface area contributed by atoms with E-state index in [4.69, 9.17) is 4.74 Å². The second-order valence-electron chi connectivity index (χ2n) is 12.5. The van der Waals surface area contributed by atoms with Gasteiger partial charge in [-0.3, -0.25) is 19.2 Å². The zero-order valence-electron chi connectivity index (χ0n) is 26.8. The zero-order valence-corrected chi connectivity index (χ0v) is 27.6. The Morgan fingerprint density at radius 2 is 1.89 bits per heavy atom. The number of anilines is 4. The van der Waals surface area contributed by atoms with Crippen molar-refractivity contribution < 1.29 is 23.9 Å². The van der Waals surface area contributed by atoms with Gasteiger partial charge < -0.3 is 36.2 Å². The fourth-order valence-electron chi connectivity index (χ4n) is 5.63. The first-order chi connectivity index (χ1) is 21.4. The summed E-state index contributed by atoms with van der Waals surface area (Å²) in [5, 5.41) is 15.5. The van der Waals surface area contributed by atoms with Crippen LogP contribution < -0.4 is 31.3 Å². The van der Waals surface area contributed by atoms with Gasteiger partial charge in [0, 0.05) is 29.4 Å². The van der Waals surface area contributed by atoms with Gasteiger partial charge in [-0.15, -0.1) is 12.4 Å². The van der Waals surface area contributed by atoms with Crippen LogP contribution in [0.2, 0.25) is 0 Å². The summed E-state index contributed by atoms with van der Waals surface area (Å²) in [7, 11) is 3.18. The Morgan fingerprint density at radius 3 is 2.59 bits per heavy atom. The molecule has 246 valence electrons. The molecule has 2 aliphatic heterocycles. The Kier molecular flexibility index (Phi) is 10.4. The average molecular weight is 653 g/mol. The third-order valence-corrected chi connectivity index (χ3v) is 8.27. The van der Waals surface area contributed by atoms with Crippen molar-refractivity contribution >= 4 is 69.8 Å². The number of fused-ring (bicyclic) bond motifs is 2. The van der Waals surface area contributed by atoms with Crippen LogP contribution in [-0.2, 0) is 25.6 Å². The topological polar surface area (TPSA) is 167 Å². The van der Waals surface area contributed by atoms with E-state index < -0.39 is 23.5 Å². The number of aromatic nitrogens is 2. The standard InChI is InChI=1S/C32H40N8O5.ClH/c1-17(33-5)29(42)39-27(32(2,3)4)31(44)40-11-7-8-24(40)30(43)38-23-14-20-22(15-25(23)45-6)34-16-35-28(20)36-19-9-10-21-18(12-19)13-26(41)37-21;/h9-10,12,14-17,24,27,33H,7-8,11,13H2,1-6H3,(H,37,41)(H,38,43)(H,39,42)(H,34,35,36);1H. The highest BCUT2D eigenvalue weighted by Crippen LogP contribution is 2.35. The second-order valence-corrected chi connectivity index (χ2v) is 12.5. The molecule has 0 saturated carbocycles. The van der Waals surface area contributed by atoms with Crippen molar-refractivity contribution in [3.63, 3.8) is 0 Å². The molecule has 0 aliphatic carbocycles. The molecule has 3 unspecified atom stereocenters. The number of hydrogen-bond acceptors (Lipinski definition) is 9.